The maximum Gasteiger partial charge on any atom is 0.0992 e. The summed E-state index contributed by atoms with van der Waals surface area (Å²) < 4.78 is 5.18. The van der Waals surface area contributed by atoms with Crippen molar-refractivity contribution >= 4 is 17.3 Å². The van der Waals surface area contributed by atoms with Crippen LogP contribution in [0, 0.1) is 11.3 Å². The second kappa shape index (κ2) is 6.95. The van der Waals surface area contributed by atoms with Crippen LogP contribution in [-0.2, 0) is 17.9 Å². The first-order valence-electron chi connectivity index (χ1n) is 6.24. The molecule has 20 heavy (non-hydrogen) atoms. The topological polar surface area (TPSA) is 45.0 Å². The zero-order valence-corrected chi connectivity index (χ0v) is 11.9. The highest BCUT2D eigenvalue weighted by Gasteiger charge is 2.04. The van der Waals surface area contributed by atoms with E-state index in [4.69, 9.17) is 21.6 Å². The summed E-state index contributed by atoms with van der Waals surface area (Å²) >= 11 is 6.12. The average Bonchev–Trinajstić information content (AvgIpc) is 2.48. The Morgan fingerprint density at radius 2 is 1.95 bits per heavy atom. The molecule has 2 rings (SSSR count). The van der Waals surface area contributed by atoms with Gasteiger partial charge in [0.2, 0.25) is 0 Å². The highest BCUT2D eigenvalue weighted by molar-refractivity contribution is 6.33. The third-order valence-corrected chi connectivity index (χ3v) is 3.31. The number of halogens is 1. The molecule has 0 saturated heterocycles. The molecular formula is C16H15ClN2O. The summed E-state index contributed by atoms with van der Waals surface area (Å²) in [7, 11) is 1.68. The van der Waals surface area contributed by atoms with Crippen molar-refractivity contribution in [1.82, 2.24) is 0 Å². The minimum atomic E-state index is 0.573. The molecule has 0 aliphatic heterocycles. The number of benzene rings is 2. The highest BCUT2D eigenvalue weighted by Crippen LogP contribution is 2.24. The van der Waals surface area contributed by atoms with Gasteiger partial charge in [0.25, 0.3) is 0 Å². The normalized spacial score (nSPS) is 10.1. The van der Waals surface area contributed by atoms with E-state index in [0.29, 0.717) is 23.7 Å². The van der Waals surface area contributed by atoms with E-state index in [2.05, 4.69) is 11.4 Å². The molecule has 0 fully saturated rings. The molecule has 0 unspecified atom stereocenters. The smallest absolute Gasteiger partial charge is 0.0992 e. The number of nitrogens with one attached hydrogen (secondary N) is 1. The predicted molar refractivity (Wildman–Crippen MR) is 80.6 cm³/mol. The molecule has 2 aromatic rings. The van der Waals surface area contributed by atoms with Crippen LogP contribution in [-0.4, -0.2) is 7.11 Å². The van der Waals surface area contributed by atoms with Crippen LogP contribution in [0.4, 0.5) is 5.69 Å². The third-order valence-electron chi connectivity index (χ3n) is 2.98. The van der Waals surface area contributed by atoms with Crippen molar-refractivity contribution in [2.45, 2.75) is 13.2 Å². The van der Waals surface area contributed by atoms with E-state index in [0.717, 1.165) is 16.8 Å². The zero-order valence-electron chi connectivity index (χ0n) is 11.2. The summed E-state index contributed by atoms with van der Waals surface area (Å²) in [4.78, 5) is 0. The molecule has 0 saturated carbocycles. The Morgan fingerprint density at radius 3 is 2.65 bits per heavy atom. The molecule has 2 aromatic carbocycles. The fourth-order valence-corrected chi connectivity index (χ4v) is 2.13. The molecule has 0 aliphatic carbocycles. The second-order valence-electron chi connectivity index (χ2n) is 4.36. The van der Waals surface area contributed by atoms with E-state index in [1.807, 2.05) is 24.3 Å². The van der Waals surface area contributed by atoms with Gasteiger partial charge < -0.3 is 10.1 Å². The van der Waals surface area contributed by atoms with Crippen molar-refractivity contribution in [3.63, 3.8) is 0 Å². The van der Waals surface area contributed by atoms with Crippen molar-refractivity contribution in [2.24, 2.45) is 0 Å². The Hall–Kier alpha value is -2.02. The van der Waals surface area contributed by atoms with Gasteiger partial charge in [-0.3, -0.25) is 0 Å². The number of nitriles is 1. The number of methoxy groups -OCH3 is 1. The van der Waals surface area contributed by atoms with Gasteiger partial charge in [-0.2, -0.15) is 5.26 Å². The van der Waals surface area contributed by atoms with Crippen molar-refractivity contribution in [2.75, 3.05) is 12.4 Å². The fourth-order valence-electron chi connectivity index (χ4n) is 1.95. The van der Waals surface area contributed by atoms with Crippen LogP contribution in [0.3, 0.4) is 0 Å². The third kappa shape index (κ3) is 3.51. The molecule has 3 nitrogen and oxygen atoms in total. The highest BCUT2D eigenvalue weighted by atomic mass is 35.5. The van der Waals surface area contributed by atoms with Crippen LogP contribution in [0.5, 0.6) is 0 Å². The van der Waals surface area contributed by atoms with E-state index in [9.17, 15) is 0 Å². The summed E-state index contributed by atoms with van der Waals surface area (Å²) in [6.07, 6.45) is 0. The van der Waals surface area contributed by atoms with Gasteiger partial charge in [0.15, 0.2) is 0 Å². The van der Waals surface area contributed by atoms with Gasteiger partial charge >= 0.3 is 0 Å². The van der Waals surface area contributed by atoms with E-state index in [1.54, 1.807) is 25.3 Å². The number of rotatable bonds is 5. The van der Waals surface area contributed by atoms with Gasteiger partial charge in [-0.25, -0.2) is 0 Å². The Kier molecular flexibility index (Phi) is 5.00. The Balaban J connectivity index is 2.15. The molecule has 0 aliphatic rings. The Bertz CT molecular complexity index is 635. The van der Waals surface area contributed by atoms with Gasteiger partial charge in [-0.1, -0.05) is 35.9 Å². The quantitative estimate of drug-likeness (QED) is 0.904. The van der Waals surface area contributed by atoms with Crippen LogP contribution in [0.25, 0.3) is 0 Å². The van der Waals surface area contributed by atoms with Crippen molar-refractivity contribution < 1.29 is 4.74 Å². The van der Waals surface area contributed by atoms with Gasteiger partial charge in [-0.15, -0.1) is 0 Å². The lowest BCUT2D eigenvalue weighted by atomic mass is 10.1. The summed E-state index contributed by atoms with van der Waals surface area (Å²) in [6, 6.07) is 15.3. The van der Waals surface area contributed by atoms with Gasteiger partial charge in [0.1, 0.15) is 0 Å². The molecule has 0 amide bonds. The van der Waals surface area contributed by atoms with Gasteiger partial charge in [-0.05, 0) is 29.3 Å². The van der Waals surface area contributed by atoms with Crippen molar-refractivity contribution in [3.8, 4) is 6.07 Å². The van der Waals surface area contributed by atoms with Gasteiger partial charge in [0, 0.05) is 13.7 Å². The lowest BCUT2D eigenvalue weighted by Gasteiger charge is -2.12. The standard InChI is InChI=1S/C16H15ClN2O/c1-20-11-14-5-3-2-4-13(14)10-19-16-8-12(9-18)6-7-15(16)17/h2-8,19H,10-11H2,1H3. The lowest BCUT2D eigenvalue weighted by Crippen LogP contribution is -2.04. The molecule has 0 aromatic heterocycles. The first-order valence-corrected chi connectivity index (χ1v) is 6.61. The minimum absolute atomic E-state index is 0.573. The number of anilines is 1. The van der Waals surface area contributed by atoms with Crippen LogP contribution in [0.1, 0.15) is 16.7 Å². The minimum Gasteiger partial charge on any atom is -0.380 e. The Morgan fingerprint density at radius 1 is 1.20 bits per heavy atom. The van der Waals surface area contributed by atoms with Crippen LogP contribution in [0.15, 0.2) is 42.5 Å². The molecule has 0 atom stereocenters. The first kappa shape index (κ1) is 14.4. The van der Waals surface area contributed by atoms with E-state index in [-0.39, 0.29) is 0 Å². The molecular weight excluding hydrogens is 272 g/mol. The largest absolute Gasteiger partial charge is 0.380 e. The Labute approximate surface area is 123 Å². The second-order valence-corrected chi connectivity index (χ2v) is 4.77. The SMILES string of the molecule is COCc1ccccc1CNc1cc(C#N)ccc1Cl. The number of hydrogen-bond donors (Lipinski definition) is 1. The van der Waals surface area contributed by atoms with E-state index in [1.165, 1.54) is 0 Å². The van der Waals surface area contributed by atoms with Crippen molar-refractivity contribution in [3.05, 3.63) is 64.2 Å². The average molecular weight is 287 g/mol. The molecule has 0 heterocycles. The molecule has 0 spiro atoms. The summed E-state index contributed by atoms with van der Waals surface area (Å²) in [5.74, 6) is 0. The van der Waals surface area contributed by atoms with E-state index >= 15 is 0 Å². The molecule has 102 valence electrons. The predicted octanol–water partition coefficient (Wildman–Crippen LogP) is 3.97. The van der Waals surface area contributed by atoms with E-state index < -0.39 is 0 Å². The summed E-state index contributed by atoms with van der Waals surface area (Å²) in [5.41, 5.74) is 3.63. The monoisotopic (exact) mass is 286 g/mol. The maximum atomic E-state index is 8.91. The van der Waals surface area contributed by atoms with Crippen molar-refractivity contribution in [1.29, 1.82) is 5.26 Å². The molecule has 0 bridgehead atoms. The maximum absolute atomic E-state index is 8.91. The van der Waals surface area contributed by atoms with Crippen LogP contribution >= 0.6 is 11.6 Å². The van der Waals surface area contributed by atoms with Crippen LogP contribution in [0.2, 0.25) is 5.02 Å². The lowest BCUT2D eigenvalue weighted by molar-refractivity contribution is 0.184. The van der Waals surface area contributed by atoms with Crippen LogP contribution < -0.4 is 5.32 Å². The first-order chi connectivity index (χ1) is 9.74. The number of ether oxygens (including phenoxy) is 1. The molecule has 4 heteroatoms. The molecule has 1 N–H and O–H groups in total. The zero-order chi connectivity index (χ0) is 14.4. The fraction of sp³-hybridized carbons (Fsp3) is 0.188. The molecule has 0 radical (unpaired) electrons. The number of hydrogen-bond acceptors (Lipinski definition) is 3. The van der Waals surface area contributed by atoms with Gasteiger partial charge in [0.05, 0.1) is 28.9 Å². The number of nitrogens with zero attached hydrogens (tertiary/aromatic N) is 1. The summed E-state index contributed by atoms with van der Waals surface area (Å²) in [6.45, 7) is 1.21. The summed E-state index contributed by atoms with van der Waals surface area (Å²) in [5, 5.41) is 12.8.